The van der Waals surface area contributed by atoms with Crippen molar-refractivity contribution in [1.82, 2.24) is 14.5 Å². The van der Waals surface area contributed by atoms with Crippen LogP contribution in [0.1, 0.15) is 57.8 Å². The van der Waals surface area contributed by atoms with Gasteiger partial charge < -0.3 is 0 Å². The van der Waals surface area contributed by atoms with Crippen LogP contribution in [0.25, 0.3) is 0 Å². The zero-order valence-electron chi connectivity index (χ0n) is 14.6. The molecule has 1 aromatic rings. The summed E-state index contributed by atoms with van der Waals surface area (Å²) < 4.78 is 29.9. The predicted molar refractivity (Wildman–Crippen MR) is 88.2 cm³/mol. The lowest BCUT2D eigenvalue weighted by atomic mass is 9.71. The highest BCUT2D eigenvalue weighted by molar-refractivity contribution is 7.89. The fourth-order valence-electron chi connectivity index (χ4n) is 3.50. The van der Waals surface area contributed by atoms with Gasteiger partial charge in [0.2, 0.25) is 10.0 Å². The first kappa shape index (κ1) is 17.5. The Labute approximate surface area is 134 Å². The molecule has 0 saturated heterocycles. The molecule has 0 atom stereocenters. The Bertz CT molecular complexity index is 633. The van der Waals surface area contributed by atoms with Crippen LogP contribution in [0, 0.1) is 25.2 Å². The highest BCUT2D eigenvalue weighted by Gasteiger charge is 2.32. The van der Waals surface area contributed by atoms with E-state index in [-0.39, 0.29) is 6.04 Å². The summed E-state index contributed by atoms with van der Waals surface area (Å²) in [5, 5.41) is 4.21. The lowest BCUT2D eigenvalue weighted by Gasteiger charge is -2.37. The zero-order chi connectivity index (χ0) is 16.7. The number of sulfonamides is 1. The van der Waals surface area contributed by atoms with Crippen molar-refractivity contribution in [2.45, 2.75) is 71.2 Å². The van der Waals surface area contributed by atoms with E-state index in [2.05, 4.69) is 30.6 Å². The second-order valence-corrected chi connectivity index (χ2v) is 9.31. The van der Waals surface area contributed by atoms with Gasteiger partial charge in [0.25, 0.3) is 0 Å². The van der Waals surface area contributed by atoms with Crippen molar-refractivity contribution < 1.29 is 8.42 Å². The molecule has 1 aliphatic rings. The minimum absolute atomic E-state index is 0.0441. The fraction of sp³-hybridized carbons (Fsp3) is 0.812. The third kappa shape index (κ3) is 3.54. The highest BCUT2D eigenvalue weighted by atomic mass is 32.2. The number of nitrogens with one attached hydrogen (secondary N) is 1. The molecule has 0 bridgehead atoms. The van der Waals surface area contributed by atoms with Gasteiger partial charge in [-0.25, -0.2) is 13.1 Å². The molecule has 22 heavy (non-hydrogen) atoms. The Morgan fingerprint density at radius 1 is 1.14 bits per heavy atom. The Kier molecular flexibility index (Phi) is 4.74. The summed E-state index contributed by atoms with van der Waals surface area (Å²) in [6, 6.07) is 0.0441. The average Bonchev–Trinajstić information content (AvgIpc) is 2.62. The molecule has 1 saturated carbocycles. The summed E-state index contributed by atoms with van der Waals surface area (Å²) in [6.45, 7) is 10.3. The molecule has 1 heterocycles. The third-order valence-electron chi connectivity index (χ3n) is 4.99. The van der Waals surface area contributed by atoms with Crippen molar-refractivity contribution in [2.24, 2.45) is 18.4 Å². The zero-order valence-corrected chi connectivity index (χ0v) is 15.4. The van der Waals surface area contributed by atoms with Crippen LogP contribution in [0.3, 0.4) is 0 Å². The number of hydrogen-bond donors (Lipinski definition) is 1. The van der Waals surface area contributed by atoms with E-state index < -0.39 is 10.0 Å². The van der Waals surface area contributed by atoms with Crippen LogP contribution in [0.5, 0.6) is 0 Å². The van der Waals surface area contributed by atoms with Crippen LogP contribution < -0.4 is 4.72 Å². The molecule has 0 aliphatic heterocycles. The van der Waals surface area contributed by atoms with E-state index in [1.165, 1.54) is 0 Å². The van der Waals surface area contributed by atoms with E-state index >= 15 is 0 Å². The number of aryl methyl sites for hydroxylation is 2. The lowest BCUT2D eigenvalue weighted by Crippen LogP contribution is -2.39. The van der Waals surface area contributed by atoms with Gasteiger partial charge in [-0.1, -0.05) is 20.8 Å². The predicted octanol–water partition coefficient (Wildman–Crippen LogP) is 2.92. The van der Waals surface area contributed by atoms with Gasteiger partial charge in [0.15, 0.2) is 0 Å². The first-order valence-electron chi connectivity index (χ1n) is 8.05. The largest absolute Gasteiger partial charge is 0.271 e. The van der Waals surface area contributed by atoms with Gasteiger partial charge in [0, 0.05) is 13.1 Å². The van der Waals surface area contributed by atoms with Gasteiger partial charge >= 0.3 is 0 Å². The van der Waals surface area contributed by atoms with E-state index in [9.17, 15) is 8.42 Å². The Hall–Kier alpha value is -0.880. The van der Waals surface area contributed by atoms with Gasteiger partial charge in [-0.2, -0.15) is 5.10 Å². The van der Waals surface area contributed by atoms with Crippen LogP contribution >= 0.6 is 0 Å². The SMILES string of the molecule is Cc1nn(C)c(C)c1S(=O)(=O)NC1CCC(C(C)(C)C)CC1. The van der Waals surface area contributed by atoms with Gasteiger partial charge in [0.05, 0.1) is 11.4 Å². The van der Waals surface area contributed by atoms with E-state index in [1.54, 1.807) is 25.6 Å². The molecule has 1 fully saturated rings. The van der Waals surface area contributed by atoms with Gasteiger partial charge in [-0.15, -0.1) is 0 Å². The fourth-order valence-corrected chi connectivity index (χ4v) is 5.24. The van der Waals surface area contributed by atoms with E-state index in [0.717, 1.165) is 25.7 Å². The van der Waals surface area contributed by atoms with Gasteiger partial charge in [-0.3, -0.25) is 4.68 Å². The van der Waals surface area contributed by atoms with Crippen molar-refractivity contribution in [2.75, 3.05) is 0 Å². The van der Waals surface area contributed by atoms with Gasteiger partial charge in [-0.05, 0) is 50.9 Å². The summed E-state index contributed by atoms with van der Waals surface area (Å²) in [5.41, 5.74) is 1.56. The number of aromatic nitrogens is 2. The van der Waals surface area contributed by atoms with Crippen LogP contribution in [-0.2, 0) is 17.1 Å². The molecule has 2 rings (SSSR count). The summed E-state index contributed by atoms with van der Waals surface area (Å²) in [4.78, 5) is 0.341. The Morgan fingerprint density at radius 2 is 1.68 bits per heavy atom. The molecule has 1 aromatic heterocycles. The summed E-state index contributed by atoms with van der Waals surface area (Å²) >= 11 is 0. The quantitative estimate of drug-likeness (QED) is 0.928. The van der Waals surface area contributed by atoms with Crippen LogP contribution in [0.2, 0.25) is 0 Å². The summed E-state index contributed by atoms with van der Waals surface area (Å²) in [7, 11) is -1.71. The topological polar surface area (TPSA) is 64.0 Å². The number of rotatable bonds is 3. The third-order valence-corrected chi connectivity index (χ3v) is 6.76. The first-order valence-corrected chi connectivity index (χ1v) is 9.53. The molecule has 1 aliphatic carbocycles. The van der Waals surface area contributed by atoms with Crippen molar-refractivity contribution in [3.8, 4) is 0 Å². The molecule has 1 N–H and O–H groups in total. The van der Waals surface area contributed by atoms with Crippen molar-refractivity contribution in [3.05, 3.63) is 11.4 Å². The molecule has 0 spiro atoms. The van der Waals surface area contributed by atoms with Crippen molar-refractivity contribution in [3.63, 3.8) is 0 Å². The standard InChI is InChI=1S/C16H29N3O2S/c1-11-15(12(2)19(6)17-11)22(20,21)18-14-9-7-13(8-10-14)16(3,4)5/h13-14,18H,7-10H2,1-6H3. The van der Waals surface area contributed by atoms with Gasteiger partial charge in [0.1, 0.15) is 4.90 Å². The highest BCUT2D eigenvalue weighted by Crippen LogP contribution is 2.38. The second-order valence-electron chi connectivity index (χ2n) is 7.66. The number of hydrogen-bond acceptors (Lipinski definition) is 3. The Balaban J connectivity index is 2.08. The van der Waals surface area contributed by atoms with Crippen LogP contribution in [0.15, 0.2) is 4.90 Å². The summed E-state index contributed by atoms with van der Waals surface area (Å²) in [5.74, 6) is 0.676. The van der Waals surface area contributed by atoms with Crippen molar-refractivity contribution >= 4 is 10.0 Å². The molecular formula is C16H29N3O2S. The molecule has 126 valence electrons. The normalized spacial score (nSPS) is 23.7. The molecule has 6 heteroatoms. The minimum atomic E-state index is -3.49. The summed E-state index contributed by atoms with van der Waals surface area (Å²) in [6.07, 6.45) is 4.00. The molecule has 0 radical (unpaired) electrons. The Morgan fingerprint density at radius 3 is 2.09 bits per heavy atom. The maximum absolute atomic E-state index is 12.7. The molecule has 0 amide bonds. The second kappa shape index (κ2) is 5.96. The molecule has 5 nitrogen and oxygen atoms in total. The lowest BCUT2D eigenvalue weighted by molar-refractivity contribution is 0.166. The van der Waals surface area contributed by atoms with Crippen molar-refractivity contribution in [1.29, 1.82) is 0 Å². The smallest absolute Gasteiger partial charge is 0.244 e. The number of nitrogens with zero attached hydrogens (tertiary/aromatic N) is 2. The monoisotopic (exact) mass is 327 g/mol. The maximum atomic E-state index is 12.7. The van der Waals surface area contributed by atoms with Crippen LogP contribution in [0.4, 0.5) is 0 Å². The van der Waals surface area contributed by atoms with E-state index in [4.69, 9.17) is 0 Å². The maximum Gasteiger partial charge on any atom is 0.244 e. The average molecular weight is 327 g/mol. The van der Waals surface area contributed by atoms with Crippen LogP contribution in [-0.4, -0.2) is 24.2 Å². The van der Waals surface area contributed by atoms with E-state index in [1.807, 2.05) is 0 Å². The molecular weight excluding hydrogens is 298 g/mol. The minimum Gasteiger partial charge on any atom is -0.271 e. The van der Waals surface area contributed by atoms with E-state index in [0.29, 0.717) is 27.6 Å². The molecule has 0 unspecified atom stereocenters. The molecule has 0 aromatic carbocycles. The first-order chi connectivity index (χ1) is 10.0.